The van der Waals surface area contributed by atoms with Gasteiger partial charge in [0.1, 0.15) is 5.92 Å². The van der Waals surface area contributed by atoms with Crippen molar-refractivity contribution in [1.82, 2.24) is 9.78 Å². The highest BCUT2D eigenvalue weighted by atomic mass is 16.1. The number of carbonyl (C=O) groups excluding carboxylic acids is 1. The summed E-state index contributed by atoms with van der Waals surface area (Å²) >= 11 is 0. The lowest BCUT2D eigenvalue weighted by Crippen LogP contribution is -2.10. The van der Waals surface area contributed by atoms with Crippen LogP contribution in [0.5, 0.6) is 0 Å². The molecule has 1 heterocycles. The maximum Gasteiger partial charge on any atom is 0.187 e. The lowest BCUT2D eigenvalue weighted by atomic mass is 9.92. The highest BCUT2D eigenvalue weighted by Crippen LogP contribution is 2.21. The molecule has 4 heteroatoms. The Morgan fingerprint density at radius 3 is 2.83 bits per heavy atom. The van der Waals surface area contributed by atoms with Crippen molar-refractivity contribution in [3.63, 3.8) is 0 Å². The topological polar surface area (TPSA) is 58.7 Å². The van der Waals surface area contributed by atoms with Crippen molar-refractivity contribution in [2.45, 2.75) is 12.8 Å². The summed E-state index contributed by atoms with van der Waals surface area (Å²) in [4.78, 5) is 12.2. The lowest BCUT2D eigenvalue weighted by molar-refractivity contribution is 0.0979. The van der Waals surface area contributed by atoms with E-state index in [0.717, 1.165) is 11.1 Å². The molecule has 0 aliphatic heterocycles. The number of ketones is 1. The van der Waals surface area contributed by atoms with E-state index in [1.165, 1.54) is 6.20 Å². The maximum atomic E-state index is 12.2. The van der Waals surface area contributed by atoms with E-state index in [2.05, 4.69) is 11.2 Å². The van der Waals surface area contributed by atoms with Gasteiger partial charge in [0.05, 0.1) is 17.8 Å². The summed E-state index contributed by atoms with van der Waals surface area (Å²) in [6.07, 6.45) is 3.12. The van der Waals surface area contributed by atoms with Crippen LogP contribution in [0.2, 0.25) is 0 Å². The number of aromatic nitrogens is 2. The molecule has 0 saturated heterocycles. The third-order valence-electron chi connectivity index (χ3n) is 2.76. The predicted octanol–water partition coefficient (Wildman–Crippen LogP) is 2.22. The van der Waals surface area contributed by atoms with E-state index in [1.807, 2.05) is 25.1 Å². The molecule has 0 spiro atoms. The number of nitrogens with zero attached hydrogens (tertiary/aromatic N) is 3. The highest BCUT2D eigenvalue weighted by Gasteiger charge is 2.22. The molecule has 0 aliphatic rings. The van der Waals surface area contributed by atoms with E-state index in [9.17, 15) is 10.1 Å². The summed E-state index contributed by atoms with van der Waals surface area (Å²) in [7, 11) is 1.74. The number of carbonyl (C=O) groups is 1. The highest BCUT2D eigenvalue weighted by molar-refractivity contribution is 6.02. The first kappa shape index (κ1) is 12.1. The van der Waals surface area contributed by atoms with Gasteiger partial charge in [0.15, 0.2) is 5.78 Å². The second kappa shape index (κ2) is 4.84. The van der Waals surface area contributed by atoms with Crippen molar-refractivity contribution in [1.29, 1.82) is 5.26 Å². The summed E-state index contributed by atoms with van der Waals surface area (Å²) < 4.78 is 1.55. The van der Waals surface area contributed by atoms with E-state index in [1.54, 1.807) is 24.0 Å². The van der Waals surface area contributed by atoms with Gasteiger partial charge in [-0.3, -0.25) is 9.48 Å². The number of rotatable bonds is 3. The molecule has 0 bridgehead atoms. The van der Waals surface area contributed by atoms with Gasteiger partial charge in [-0.25, -0.2) is 0 Å². The molecular weight excluding hydrogens is 226 g/mol. The van der Waals surface area contributed by atoms with Crippen LogP contribution < -0.4 is 0 Å². The van der Waals surface area contributed by atoms with Crippen LogP contribution in [0, 0.1) is 18.3 Å². The fraction of sp³-hybridized carbons (Fsp3) is 0.214. The third-order valence-corrected chi connectivity index (χ3v) is 2.76. The maximum absolute atomic E-state index is 12.2. The van der Waals surface area contributed by atoms with Crippen molar-refractivity contribution < 1.29 is 4.79 Å². The van der Waals surface area contributed by atoms with E-state index in [4.69, 9.17) is 0 Å². The molecule has 0 saturated carbocycles. The lowest BCUT2D eigenvalue weighted by Gasteiger charge is -2.07. The molecule has 0 radical (unpaired) electrons. The Morgan fingerprint density at radius 1 is 1.50 bits per heavy atom. The molecule has 0 amide bonds. The van der Waals surface area contributed by atoms with Gasteiger partial charge in [0.25, 0.3) is 0 Å². The fourth-order valence-electron chi connectivity index (χ4n) is 1.85. The molecule has 0 aliphatic carbocycles. The van der Waals surface area contributed by atoms with Gasteiger partial charge in [0, 0.05) is 13.2 Å². The minimum Gasteiger partial charge on any atom is -0.292 e. The van der Waals surface area contributed by atoms with Crippen LogP contribution in [-0.2, 0) is 7.05 Å². The average Bonchev–Trinajstić information content (AvgIpc) is 2.77. The Kier molecular flexibility index (Phi) is 3.24. The summed E-state index contributed by atoms with van der Waals surface area (Å²) in [5.41, 5.74) is 2.23. The van der Waals surface area contributed by atoms with Crippen LogP contribution in [0.4, 0.5) is 0 Å². The molecule has 2 aromatic rings. The van der Waals surface area contributed by atoms with Crippen LogP contribution >= 0.6 is 0 Å². The summed E-state index contributed by atoms with van der Waals surface area (Å²) in [6.45, 7) is 1.94. The molecular formula is C14H13N3O. The van der Waals surface area contributed by atoms with Gasteiger partial charge in [-0.05, 0) is 12.5 Å². The minimum absolute atomic E-state index is 0.212. The van der Waals surface area contributed by atoms with Crippen LogP contribution in [0.25, 0.3) is 0 Å². The van der Waals surface area contributed by atoms with Gasteiger partial charge >= 0.3 is 0 Å². The number of Topliss-reactive ketones (excluding diaryl/α,β-unsaturated/α-hetero) is 1. The van der Waals surface area contributed by atoms with Gasteiger partial charge < -0.3 is 0 Å². The Labute approximate surface area is 105 Å². The second-order valence-corrected chi connectivity index (χ2v) is 4.24. The summed E-state index contributed by atoms with van der Waals surface area (Å²) in [5, 5.41) is 13.2. The van der Waals surface area contributed by atoms with E-state index in [0.29, 0.717) is 5.56 Å². The number of hydrogen-bond acceptors (Lipinski definition) is 3. The van der Waals surface area contributed by atoms with Crippen molar-refractivity contribution in [3.05, 3.63) is 53.3 Å². The van der Waals surface area contributed by atoms with Gasteiger partial charge in [0.2, 0.25) is 0 Å². The smallest absolute Gasteiger partial charge is 0.187 e. The molecule has 0 fully saturated rings. The Bertz CT molecular complexity index is 622. The number of nitriles is 1. The zero-order chi connectivity index (χ0) is 13.1. The average molecular weight is 239 g/mol. The molecule has 1 aromatic carbocycles. The van der Waals surface area contributed by atoms with Crippen LogP contribution in [0.15, 0.2) is 36.7 Å². The normalized spacial score (nSPS) is 11.8. The first-order valence-corrected chi connectivity index (χ1v) is 5.61. The van der Waals surface area contributed by atoms with Crippen molar-refractivity contribution in [2.24, 2.45) is 7.05 Å². The number of hydrogen-bond donors (Lipinski definition) is 0. The molecule has 4 nitrogen and oxygen atoms in total. The number of aryl methyl sites for hydroxylation is 2. The molecule has 0 N–H and O–H groups in total. The van der Waals surface area contributed by atoms with Gasteiger partial charge in [-0.2, -0.15) is 10.4 Å². The zero-order valence-corrected chi connectivity index (χ0v) is 10.3. The molecule has 18 heavy (non-hydrogen) atoms. The van der Waals surface area contributed by atoms with Crippen LogP contribution in [-0.4, -0.2) is 15.6 Å². The van der Waals surface area contributed by atoms with E-state index >= 15 is 0 Å². The van der Waals surface area contributed by atoms with Gasteiger partial charge in [-0.1, -0.05) is 29.8 Å². The monoisotopic (exact) mass is 239 g/mol. The standard InChI is InChI=1S/C14H13N3O/c1-10-4-3-5-11(6-10)13(7-15)14(18)12-8-16-17(2)9-12/h3-6,8-9,13H,1-2H3. The van der Waals surface area contributed by atoms with E-state index in [-0.39, 0.29) is 5.78 Å². The molecule has 1 unspecified atom stereocenters. The summed E-state index contributed by atoms with van der Waals surface area (Å²) in [5.74, 6) is -0.981. The van der Waals surface area contributed by atoms with Crippen molar-refractivity contribution in [3.8, 4) is 6.07 Å². The SMILES string of the molecule is Cc1cccc(C(C#N)C(=O)c2cnn(C)c2)c1. The fourth-order valence-corrected chi connectivity index (χ4v) is 1.85. The van der Waals surface area contributed by atoms with Crippen LogP contribution in [0.3, 0.4) is 0 Å². The Balaban J connectivity index is 2.35. The first-order valence-electron chi connectivity index (χ1n) is 5.61. The molecule has 1 atom stereocenters. The predicted molar refractivity (Wildman–Crippen MR) is 67.1 cm³/mol. The van der Waals surface area contributed by atoms with Crippen LogP contribution in [0.1, 0.15) is 27.4 Å². The van der Waals surface area contributed by atoms with Crippen molar-refractivity contribution >= 4 is 5.78 Å². The second-order valence-electron chi connectivity index (χ2n) is 4.24. The van der Waals surface area contributed by atoms with Gasteiger partial charge in [-0.15, -0.1) is 0 Å². The number of benzene rings is 1. The zero-order valence-electron chi connectivity index (χ0n) is 10.3. The molecule has 90 valence electrons. The Hall–Kier alpha value is -2.41. The van der Waals surface area contributed by atoms with E-state index < -0.39 is 5.92 Å². The van der Waals surface area contributed by atoms with Crippen molar-refractivity contribution in [2.75, 3.05) is 0 Å². The minimum atomic E-state index is -0.769. The third kappa shape index (κ3) is 2.30. The summed E-state index contributed by atoms with van der Waals surface area (Å²) in [6, 6.07) is 9.52. The molecule has 1 aromatic heterocycles. The molecule has 2 rings (SSSR count). The largest absolute Gasteiger partial charge is 0.292 e. The quantitative estimate of drug-likeness (QED) is 0.771. The first-order chi connectivity index (χ1) is 8.61. The Morgan fingerprint density at radius 2 is 2.28 bits per heavy atom.